The Morgan fingerprint density at radius 1 is 1.17 bits per heavy atom. The van der Waals surface area contributed by atoms with Crippen molar-refractivity contribution in [3.63, 3.8) is 0 Å². The quantitative estimate of drug-likeness (QED) is 0.517. The molecular formula is C19H17NO8S. The number of fused-ring (bicyclic) bond motifs is 1. The lowest BCUT2D eigenvalue weighted by Crippen LogP contribution is -2.14. The summed E-state index contributed by atoms with van der Waals surface area (Å²) in [5, 5.41) is 19.0. The number of carbonyl (C=O) groups is 2. The number of sulfonamides is 1. The number of ether oxygens (including phenoxy) is 1. The Balaban J connectivity index is 2.01. The molecule has 9 nitrogen and oxygen atoms in total. The Kier molecular flexibility index (Phi) is 5.21. The monoisotopic (exact) mass is 419 g/mol. The van der Waals surface area contributed by atoms with E-state index in [9.17, 15) is 23.1 Å². The molecule has 1 aromatic heterocycles. The zero-order chi connectivity index (χ0) is 21.3. The third kappa shape index (κ3) is 3.87. The van der Waals surface area contributed by atoms with Crippen LogP contribution in [0.2, 0.25) is 0 Å². The third-order valence-electron chi connectivity index (χ3n) is 4.10. The van der Waals surface area contributed by atoms with E-state index in [1.54, 1.807) is 13.8 Å². The van der Waals surface area contributed by atoms with E-state index in [1.165, 1.54) is 18.2 Å². The van der Waals surface area contributed by atoms with Crippen molar-refractivity contribution in [2.75, 3.05) is 11.3 Å². The summed E-state index contributed by atoms with van der Waals surface area (Å²) in [6, 6.07) is 7.28. The van der Waals surface area contributed by atoms with Gasteiger partial charge in [0.25, 0.3) is 10.0 Å². The summed E-state index contributed by atoms with van der Waals surface area (Å²) in [6.45, 7) is 3.43. The van der Waals surface area contributed by atoms with Crippen molar-refractivity contribution in [1.82, 2.24) is 0 Å². The van der Waals surface area contributed by atoms with Crippen LogP contribution in [0.25, 0.3) is 11.0 Å². The lowest BCUT2D eigenvalue weighted by Gasteiger charge is -2.10. The minimum Gasteiger partial charge on any atom is -0.507 e. The Morgan fingerprint density at radius 3 is 2.55 bits per heavy atom. The average molecular weight is 419 g/mol. The number of carboxylic acid groups (broad SMARTS) is 1. The van der Waals surface area contributed by atoms with Crippen LogP contribution < -0.4 is 4.72 Å². The number of phenols is 1. The number of anilines is 1. The zero-order valence-corrected chi connectivity index (χ0v) is 16.2. The largest absolute Gasteiger partial charge is 0.507 e. The second kappa shape index (κ2) is 7.47. The molecular weight excluding hydrogens is 402 g/mol. The third-order valence-corrected chi connectivity index (χ3v) is 5.48. The number of carbonyl (C=O) groups excluding carboxylic acids is 1. The van der Waals surface area contributed by atoms with Crippen molar-refractivity contribution in [2.45, 2.75) is 18.7 Å². The molecule has 0 aliphatic heterocycles. The molecule has 29 heavy (non-hydrogen) atoms. The second-order valence-electron chi connectivity index (χ2n) is 6.05. The lowest BCUT2D eigenvalue weighted by atomic mass is 10.1. The summed E-state index contributed by atoms with van der Waals surface area (Å²) in [4.78, 5) is 23.0. The van der Waals surface area contributed by atoms with Crippen molar-refractivity contribution in [2.24, 2.45) is 0 Å². The van der Waals surface area contributed by atoms with Gasteiger partial charge >= 0.3 is 11.9 Å². The molecule has 0 bridgehead atoms. The van der Waals surface area contributed by atoms with E-state index in [0.717, 1.165) is 18.2 Å². The second-order valence-corrected chi connectivity index (χ2v) is 7.74. The maximum Gasteiger partial charge on any atom is 0.342 e. The predicted molar refractivity (Wildman–Crippen MR) is 103 cm³/mol. The van der Waals surface area contributed by atoms with Crippen LogP contribution in [0.3, 0.4) is 0 Å². The number of aromatic carboxylic acids is 1. The van der Waals surface area contributed by atoms with Crippen LogP contribution in [-0.2, 0) is 14.8 Å². The summed E-state index contributed by atoms with van der Waals surface area (Å²) in [6.07, 6.45) is 0. The highest BCUT2D eigenvalue weighted by atomic mass is 32.2. The van der Waals surface area contributed by atoms with Gasteiger partial charge in [0.1, 0.15) is 28.2 Å². The van der Waals surface area contributed by atoms with Crippen molar-refractivity contribution in [3.05, 3.63) is 53.3 Å². The standard InChI is InChI=1S/C19H17NO8S/c1-3-27-19(24)17-10(2)28-16-7-4-11(8-14(16)17)20-29(25,26)12-5-6-15(21)13(9-12)18(22)23/h4-9,20-21H,3H2,1-2H3,(H,22,23). The van der Waals surface area contributed by atoms with Crippen molar-refractivity contribution in [1.29, 1.82) is 0 Å². The number of nitrogens with one attached hydrogen (secondary N) is 1. The summed E-state index contributed by atoms with van der Waals surface area (Å²) in [7, 11) is -4.16. The van der Waals surface area contributed by atoms with E-state index in [-0.39, 0.29) is 22.8 Å². The fraction of sp³-hybridized carbons (Fsp3) is 0.158. The maximum atomic E-state index is 12.6. The van der Waals surface area contributed by atoms with Gasteiger partial charge in [0.05, 0.1) is 11.5 Å². The normalized spacial score (nSPS) is 11.4. The van der Waals surface area contributed by atoms with Crippen LogP contribution in [0.1, 0.15) is 33.4 Å². The SMILES string of the molecule is CCOC(=O)c1c(C)oc2ccc(NS(=O)(=O)c3ccc(O)c(C(=O)O)c3)cc12. The van der Waals surface area contributed by atoms with Crippen molar-refractivity contribution >= 4 is 38.6 Å². The highest BCUT2D eigenvalue weighted by Gasteiger charge is 2.22. The number of esters is 1. The predicted octanol–water partition coefficient (Wildman–Crippen LogP) is 3.12. The molecule has 0 saturated carbocycles. The van der Waals surface area contributed by atoms with E-state index in [2.05, 4.69) is 4.72 Å². The Morgan fingerprint density at radius 2 is 1.90 bits per heavy atom. The molecule has 0 unspecified atom stereocenters. The van der Waals surface area contributed by atoms with Gasteiger partial charge in [0, 0.05) is 11.1 Å². The van der Waals surface area contributed by atoms with Gasteiger partial charge in [0.2, 0.25) is 0 Å². The first-order valence-electron chi connectivity index (χ1n) is 8.43. The zero-order valence-electron chi connectivity index (χ0n) is 15.4. The molecule has 0 spiro atoms. The summed E-state index contributed by atoms with van der Waals surface area (Å²) >= 11 is 0. The number of aryl methyl sites for hydroxylation is 1. The maximum absolute atomic E-state index is 12.6. The first-order valence-corrected chi connectivity index (χ1v) is 9.91. The number of rotatable bonds is 6. The molecule has 0 atom stereocenters. The van der Waals surface area contributed by atoms with E-state index in [0.29, 0.717) is 16.7 Å². The van der Waals surface area contributed by atoms with E-state index < -0.39 is 33.3 Å². The molecule has 3 aromatic rings. The van der Waals surface area contributed by atoms with Crippen LogP contribution in [0.15, 0.2) is 45.7 Å². The number of carboxylic acids is 1. The fourth-order valence-corrected chi connectivity index (χ4v) is 3.88. The fourth-order valence-electron chi connectivity index (χ4n) is 2.81. The number of aromatic hydroxyl groups is 1. The van der Waals surface area contributed by atoms with Crippen molar-refractivity contribution < 1.29 is 37.4 Å². The van der Waals surface area contributed by atoms with Gasteiger partial charge in [-0.15, -0.1) is 0 Å². The van der Waals surface area contributed by atoms with Crippen LogP contribution in [0.4, 0.5) is 5.69 Å². The minimum absolute atomic E-state index is 0.133. The lowest BCUT2D eigenvalue weighted by molar-refractivity contribution is 0.0525. The van der Waals surface area contributed by atoms with Gasteiger partial charge in [-0.2, -0.15) is 0 Å². The Bertz CT molecular complexity index is 1230. The molecule has 10 heteroatoms. The summed E-state index contributed by atoms with van der Waals surface area (Å²) in [5.41, 5.74) is 0.166. The molecule has 0 aliphatic rings. The van der Waals surface area contributed by atoms with Gasteiger partial charge in [-0.05, 0) is 50.2 Å². The highest BCUT2D eigenvalue weighted by Crippen LogP contribution is 2.30. The van der Waals surface area contributed by atoms with Crippen LogP contribution in [-0.4, -0.2) is 37.2 Å². The summed E-state index contributed by atoms with van der Waals surface area (Å²) in [5.74, 6) is -2.27. The van der Waals surface area contributed by atoms with Gasteiger partial charge in [-0.3, -0.25) is 4.72 Å². The average Bonchev–Trinajstić information content (AvgIpc) is 2.96. The molecule has 0 saturated heterocycles. The molecule has 0 aliphatic carbocycles. The van der Waals surface area contributed by atoms with Crippen LogP contribution in [0, 0.1) is 6.92 Å². The minimum atomic E-state index is -4.16. The molecule has 152 valence electrons. The molecule has 1 heterocycles. The molecule has 3 rings (SSSR count). The van der Waals surface area contributed by atoms with E-state index in [1.807, 2.05) is 0 Å². The number of hydrogen-bond donors (Lipinski definition) is 3. The smallest absolute Gasteiger partial charge is 0.342 e. The number of furan rings is 1. The highest BCUT2D eigenvalue weighted by molar-refractivity contribution is 7.92. The molecule has 0 radical (unpaired) electrons. The number of benzene rings is 2. The van der Waals surface area contributed by atoms with Crippen LogP contribution >= 0.6 is 0 Å². The molecule has 3 N–H and O–H groups in total. The van der Waals surface area contributed by atoms with E-state index in [4.69, 9.17) is 14.3 Å². The van der Waals surface area contributed by atoms with Gasteiger partial charge in [-0.1, -0.05) is 0 Å². The van der Waals surface area contributed by atoms with Gasteiger partial charge in [0.15, 0.2) is 0 Å². The van der Waals surface area contributed by atoms with Crippen molar-refractivity contribution in [3.8, 4) is 5.75 Å². The molecule has 2 aromatic carbocycles. The molecule has 0 fully saturated rings. The Labute approximate surface area is 165 Å². The first kappa shape index (κ1) is 20.2. The number of hydrogen-bond acceptors (Lipinski definition) is 7. The first-order chi connectivity index (χ1) is 13.6. The van der Waals surface area contributed by atoms with Gasteiger partial charge < -0.3 is 19.4 Å². The summed E-state index contributed by atoms with van der Waals surface area (Å²) < 4.78 is 38.2. The van der Waals surface area contributed by atoms with E-state index >= 15 is 0 Å². The Hall–Kier alpha value is -3.53. The van der Waals surface area contributed by atoms with Gasteiger partial charge in [-0.25, -0.2) is 18.0 Å². The molecule has 0 amide bonds. The topological polar surface area (TPSA) is 143 Å². The van der Waals surface area contributed by atoms with Crippen LogP contribution in [0.5, 0.6) is 5.75 Å².